The molecule has 0 saturated carbocycles. The highest BCUT2D eigenvalue weighted by molar-refractivity contribution is 14.1. The maximum atomic E-state index is 5.69. The van der Waals surface area contributed by atoms with Crippen molar-refractivity contribution in [2.45, 2.75) is 0 Å². The van der Waals surface area contributed by atoms with E-state index in [2.05, 4.69) is 43.5 Å². The zero-order chi connectivity index (χ0) is 11.5. The number of nitrogens with two attached hydrogens (primary N) is 1. The van der Waals surface area contributed by atoms with Gasteiger partial charge in [0, 0.05) is 16.4 Å². The van der Waals surface area contributed by atoms with Crippen molar-refractivity contribution in [1.82, 2.24) is 4.98 Å². The van der Waals surface area contributed by atoms with Crippen molar-refractivity contribution in [2.24, 2.45) is 0 Å². The molecule has 82 valence electrons. The van der Waals surface area contributed by atoms with Gasteiger partial charge < -0.3 is 10.5 Å². The molecule has 0 spiro atoms. The Hall–Kier alpha value is -0.820. The van der Waals surface area contributed by atoms with Crippen LogP contribution in [-0.2, 0) is 0 Å². The molecule has 0 atom stereocenters. The fraction of sp³-hybridized carbons (Fsp3) is 0. The quantitative estimate of drug-likeness (QED) is 0.626. The van der Waals surface area contributed by atoms with Gasteiger partial charge in [-0.3, -0.25) is 4.98 Å². The number of nitrogens with zero attached hydrogens (tertiary/aromatic N) is 1. The summed E-state index contributed by atoms with van der Waals surface area (Å²) in [6, 6.07) is 7.38. The highest BCUT2D eigenvalue weighted by atomic mass is 127. The summed E-state index contributed by atoms with van der Waals surface area (Å²) in [7, 11) is 0. The zero-order valence-corrected chi connectivity index (χ0v) is 11.9. The number of halogens is 2. The first-order chi connectivity index (χ1) is 7.65. The van der Waals surface area contributed by atoms with Crippen LogP contribution in [0, 0.1) is 3.57 Å². The molecule has 0 aliphatic heterocycles. The number of pyridine rings is 1. The first-order valence-corrected chi connectivity index (χ1v) is 6.36. The predicted molar refractivity (Wildman–Crippen MR) is 75.6 cm³/mol. The van der Waals surface area contributed by atoms with E-state index in [1.165, 1.54) is 0 Å². The number of nitrogen functional groups attached to an aromatic ring is 1. The molecule has 1 heterocycles. The van der Waals surface area contributed by atoms with Crippen LogP contribution in [0.5, 0.6) is 11.5 Å². The van der Waals surface area contributed by atoms with Crippen LogP contribution in [-0.4, -0.2) is 4.98 Å². The maximum Gasteiger partial charge on any atom is 0.146 e. The summed E-state index contributed by atoms with van der Waals surface area (Å²) in [6.45, 7) is 0. The third-order valence-corrected chi connectivity index (χ3v) is 3.14. The van der Waals surface area contributed by atoms with Crippen molar-refractivity contribution < 1.29 is 4.74 Å². The molecule has 2 rings (SSSR count). The molecule has 0 saturated heterocycles. The molecular formula is C11H8BrIN2O. The van der Waals surface area contributed by atoms with Gasteiger partial charge in [0.25, 0.3) is 0 Å². The lowest BCUT2D eigenvalue weighted by molar-refractivity contribution is 0.476. The first-order valence-electron chi connectivity index (χ1n) is 4.48. The molecular weight excluding hydrogens is 383 g/mol. The van der Waals surface area contributed by atoms with Crippen LogP contribution in [0.2, 0.25) is 0 Å². The van der Waals surface area contributed by atoms with Gasteiger partial charge in [0.05, 0.1) is 9.77 Å². The average Bonchev–Trinajstić information content (AvgIpc) is 2.22. The molecule has 2 N–H and O–H groups in total. The SMILES string of the molecule is Nc1ccc(Oc2cncc(Br)c2)c(I)c1. The lowest BCUT2D eigenvalue weighted by Gasteiger charge is -2.07. The van der Waals surface area contributed by atoms with Gasteiger partial charge in [0.2, 0.25) is 0 Å². The number of aromatic nitrogens is 1. The molecule has 1 aromatic heterocycles. The minimum absolute atomic E-state index is 0.692. The molecule has 0 radical (unpaired) electrons. The van der Waals surface area contributed by atoms with Crippen molar-refractivity contribution >= 4 is 44.2 Å². The largest absolute Gasteiger partial charge is 0.455 e. The molecule has 2 aromatic rings. The Kier molecular flexibility index (Phi) is 3.65. The summed E-state index contributed by atoms with van der Waals surface area (Å²) in [5.41, 5.74) is 6.39. The minimum atomic E-state index is 0.692. The van der Waals surface area contributed by atoms with Crippen LogP contribution in [0.15, 0.2) is 41.1 Å². The van der Waals surface area contributed by atoms with E-state index in [9.17, 15) is 0 Å². The second-order valence-electron chi connectivity index (χ2n) is 3.13. The van der Waals surface area contributed by atoms with Crippen LogP contribution >= 0.6 is 38.5 Å². The Balaban J connectivity index is 2.27. The molecule has 0 bridgehead atoms. The number of ether oxygens (including phenoxy) is 1. The van der Waals surface area contributed by atoms with Gasteiger partial charge in [0.1, 0.15) is 11.5 Å². The van der Waals surface area contributed by atoms with Gasteiger partial charge in [-0.25, -0.2) is 0 Å². The van der Waals surface area contributed by atoms with Crippen molar-refractivity contribution in [3.63, 3.8) is 0 Å². The van der Waals surface area contributed by atoms with Crippen molar-refractivity contribution in [3.8, 4) is 11.5 Å². The van der Waals surface area contributed by atoms with Crippen LogP contribution in [0.1, 0.15) is 0 Å². The third kappa shape index (κ3) is 2.85. The van der Waals surface area contributed by atoms with Gasteiger partial charge in [-0.1, -0.05) is 0 Å². The first kappa shape index (κ1) is 11.7. The Morgan fingerprint density at radius 2 is 2.06 bits per heavy atom. The van der Waals surface area contributed by atoms with E-state index in [-0.39, 0.29) is 0 Å². The van der Waals surface area contributed by atoms with Gasteiger partial charge in [-0.05, 0) is 62.8 Å². The van der Waals surface area contributed by atoms with E-state index in [0.717, 1.165) is 19.5 Å². The van der Waals surface area contributed by atoms with E-state index in [1.54, 1.807) is 12.4 Å². The third-order valence-electron chi connectivity index (χ3n) is 1.86. The van der Waals surface area contributed by atoms with E-state index in [4.69, 9.17) is 10.5 Å². The maximum absolute atomic E-state index is 5.69. The number of anilines is 1. The van der Waals surface area contributed by atoms with Crippen molar-refractivity contribution in [1.29, 1.82) is 0 Å². The van der Waals surface area contributed by atoms with Crippen LogP contribution < -0.4 is 10.5 Å². The van der Waals surface area contributed by atoms with Crippen LogP contribution in [0.4, 0.5) is 5.69 Å². The number of hydrogen-bond acceptors (Lipinski definition) is 3. The molecule has 0 amide bonds. The summed E-state index contributed by atoms with van der Waals surface area (Å²) >= 11 is 5.53. The predicted octanol–water partition coefficient (Wildman–Crippen LogP) is 3.82. The van der Waals surface area contributed by atoms with Gasteiger partial charge in [-0.2, -0.15) is 0 Å². The van der Waals surface area contributed by atoms with Crippen molar-refractivity contribution in [2.75, 3.05) is 5.73 Å². The summed E-state index contributed by atoms with van der Waals surface area (Å²) in [5, 5.41) is 0. The Morgan fingerprint density at radius 1 is 1.25 bits per heavy atom. The topological polar surface area (TPSA) is 48.1 Å². The summed E-state index contributed by atoms with van der Waals surface area (Å²) in [5.74, 6) is 1.46. The average molecular weight is 391 g/mol. The Labute approximate surface area is 115 Å². The second-order valence-corrected chi connectivity index (χ2v) is 5.21. The normalized spacial score (nSPS) is 10.1. The molecule has 16 heavy (non-hydrogen) atoms. The van der Waals surface area contributed by atoms with E-state index < -0.39 is 0 Å². The molecule has 0 aliphatic carbocycles. The van der Waals surface area contributed by atoms with E-state index >= 15 is 0 Å². The molecule has 5 heteroatoms. The number of benzene rings is 1. The van der Waals surface area contributed by atoms with Gasteiger partial charge in [0.15, 0.2) is 0 Å². The molecule has 3 nitrogen and oxygen atoms in total. The Morgan fingerprint density at radius 3 is 2.75 bits per heavy atom. The molecule has 0 fully saturated rings. The summed E-state index contributed by atoms with van der Waals surface area (Å²) < 4.78 is 7.54. The van der Waals surface area contributed by atoms with Crippen LogP contribution in [0.25, 0.3) is 0 Å². The summed E-state index contributed by atoms with van der Waals surface area (Å²) in [6.07, 6.45) is 3.37. The standard InChI is InChI=1S/C11H8BrIN2O/c12-7-3-9(6-15-5-7)16-11-2-1-8(14)4-10(11)13/h1-6H,14H2. The van der Waals surface area contributed by atoms with Gasteiger partial charge in [-0.15, -0.1) is 0 Å². The minimum Gasteiger partial charge on any atom is -0.455 e. The monoisotopic (exact) mass is 390 g/mol. The lowest BCUT2D eigenvalue weighted by atomic mass is 10.3. The molecule has 1 aromatic carbocycles. The highest BCUT2D eigenvalue weighted by Crippen LogP contribution is 2.28. The number of hydrogen-bond donors (Lipinski definition) is 1. The lowest BCUT2D eigenvalue weighted by Crippen LogP contribution is -1.91. The molecule has 0 unspecified atom stereocenters. The second kappa shape index (κ2) is 5.01. The fourth-order valence-electron chi connectivity index (χ4n) is 1.18. The van der Waals surface area contributed by atoms with Gasteiger partial charge >= 0.3 is 0 Å². The van der Waals surface area contributed by atoms with E-state index in [0.29, 0.717) is 5.75 Å². The number of rotatable bonds is 2. The highest BCUT2D eigenvalue weighted by Gasteiger charge is 2.03. The smallest absolute Gasteiger partial charge is 0.146 e. The summed E-state index contributed by atoms with van der Waals surface area (Å²) in [4.78, 5) is 4.03. The molecule has 0 aliphatic rings. The van der Waals surface area contributed by atoms with Crippen molar-refractivity contribution in [3.05, 3.63) is 44.7 Å². The van der Waals surface area contributed by atoms with E-state index in [1.807, 2.05) is 24.3 Å². The zero-order valence-electron chi connectivity index (χ0n) is 8.15. The van der Waals surface area contributed by atoms with Crippen LogP contribution in [0.3, 0.4) is 0 Å². The Bertz CT molecular complexity index is 519. The fourth-order valence-corrected chi connectivity index (χ4v) is 2.17.